The van der Waals surface area contributed by atoms with E-state index in [-0.39, 0.29) is 0 Å². The van der Waals surface area contributed by atoms with E-state index >= 15 is 0 Å². The van der Waals surface area contributed by atoms with Gasteiger partial charge in [-0.3, -0.25) is 4.72 Å². The van der Waals surface area contributed by atoms with E-state index < -0.39 is 10.0 Å². The number of imidazole rings is 1. The molecule has 4 aromatic rings. The second kappa shape index (κ2) is 9.45. The highest BCUT2D eigenvalue weighted by molar-refractivity contribution is 7.92. The molecule has 1 aromatic heterocycles. The van der Waals surface area contributed by atoms with Gasteiger partial charge in [0.1, 0.15) is 17.3 Å². The molecule has 0 saturated heterocycles. The molecule has 2 N–H and O–H groups in total. The topological polar surface area (TPSA) is 84.1 Å². The second-order valence-electron chi connectivity index (χ2n) is 6.53. The Labute approximate surface area is 177 Å². The van der Waals surface area contributed by atoms with Crippen molar-refractivity contribution < 1.29 is 13.2 Å². The van der Waals surface area contributed by atoms with Gasteiger partial charge < -0.3 is 9.72 Å². The molecule has 6 nitrogen and oxygen atoms in total. The van der Waals surface area contributed by atoms with Gasteiger partial charge in [0.25, 0.3) is 0 Å². The van der Waals surface area contributed by atoms with Crippen LogP contribution in [0.15, 0.2) is 72.8 Å². The molecule has 0 aliphatic heterocycles. The van der Waals surface area contributed by atoms with Crippen LogP contribution in [0.2, 0.25) is 0 Å². The fourth-order valence-electron chi connectivity index (χ4n) is 2.92. The van der Waals surface area contributed by atoms with E-state index in [9.17, 15) is 8.42 Å². The summed E-state index contributed by atoms with van der Waals surface area (Å²) in [5.74, 6) is 2.38. The summed E-state index contributed by atoms with van der Waals surface area (Å²) in [7, 11) is -3.31. The Morgan fingerprint density at radius 1 is 0.933 bits per heavy atom. The predicted octanol–water partition coefficient (Wildman–Crippen LogP) is 5.34. The fourth-order valence-corrected chi connectivity index (χ4v) is 3.47. The first-order valence-electron chi connectivity index (χ1n) is 9.73. The Bertz CT molecular complexity index is 1200. The molecule has 0 radical (unpaired) electrons. The highest BCUT2D eigenvalue weighted by atomic mass is 32.2. The lowest BCUT2D eigenvalue weighted by atomic mass is 10.1. The molecule has 0 saturated carbocycles. The predicted molar refractivity (Wildman–Crippen MR) is 122 cm³/mol. The van der Waals surface area contributed by atoms with Crippen molar-refractivity contribution in [3.05, 3.63) is 84.2 Å². The summed E-state index contributed by atoms with van der Waals surface area (Å²) in [5, 5.41) is 0. The zero-order chi connectivity index (χ0) is 21.6. The Kier molecular flexibility index (Phi) is 6.74. The molecule has 0 spiro atoms. The molecule has 4 rings (SSSR count). The number of hydrogen-bond donors (Lipinski definition) is 2. The van der Waals surface area contributed by atoms with Crippen molar-refractivity contribution in [3.8, 4) is 11.5 Å². The number of rotatable bonds is 6. The molecule has 0 aliphatic rings. The summed E-state index contributed by atoms with van der Waals surface area (Å²) >= 11 is 0. The van der Waals surface area contributed by atoms with E-state index in [4.69, 9.17) is 4.74 Å². The van der Waals surface area contributed by atoms with Crippen molar-refractivity contribution in [1.29, 1.82) is 0 Å². The number of H-pyrrole nitrogens is 1. The average Bonchev–Trinajstić information content (AvgIpc) is 3.12. The normalized spacial score (nSPS) is 10.9. The van der Waals surface area contributed by atoms with Crippen LogP contribution in [0.3, 0.4) is 0 Å². The number of nitrogens with zero attached hydrogens (tertiary/aromatic N) is 1. The largest absolute Gasteiger partial charge is 0.457 e. The molecule has 3 aromatic carbocycles. The van der Waals surface area contributed by atoms with Crippen LogP contribution in [0.4, 0.5) is 5.69 Å². The van der Waals surface area contributed by atoms with Gasteiger partial charge in [0.05, 0.1) is 23.0 Å². The van der Waals surface area contributed by atoms with Crippen LogP contribution in [-0.2, 0) is 16.4 Å². The maximum absolute atomic E-state index is 11.4. The minimum atomic E-state index is -3.31. The molecule has 0 unspecified atom stereocenters. The summed E-state index contributed by atoms with van der Waals surface area (Å²) in [6.07, 6.45) is 1.76. The van der Waals surface area contributed by atoms with E-state index in [2.05, 4.69) is 14.7 Å². The molecule has 7 heteroatoms. The first-order valence-corrected chi connectivity index (χ1v) is 11.6. The number of anilines is 1. The lowest BCUT2D eigenvalue weighted by Gasteiger charge is -2.06. The molecular weight excluding hydrogens is 398 g/mol. The van der Waals surface area contributed by atoms with Crippen LogP contribution in [-0.4, -0.2) is 24.6 Å². The van der Waals surface area contributed by atoms with Gasteiger partial charge in [0, 0.05) is 6.42 Å². The van der Waals surface area contributed by atoms with Gasteiger partial charge in [-0.1, -0.05) is 44.2 Å². The Morgan fingerprint density at radius 3 is 2.27 bits per heavy atom. The van der Waals surface area contributed by atoms with Gasteiger partial charge in [-0.05, 0) is 48.0 Å². The summed E-state index contributed by atoms with van der Waals surface area (Å²) < 4.78 is 31.0. The number of hydrogen-bond acceptors (Lipinski definition) is 4. The van der Waals surface area contributed by atoms with Crippen LogP contribution in [0.25, 0.3) is 11.0 Å². The summed E-state index contributed by atoms with van der Waals surface area (Å²) in [5.41, 5.74) is 3.17. The Balaban J connectivity index is 0.00000124. The van der Waals surface area contributed by atoms with E-state index in [1.807, 2.05) is 68.4 Å². The van der Waals surface area contributed by atoms with Crippen molar-refractivity contribution in [1.82, 2.24) is 9.97 Å². The maximum Gasteiger partial charge on any atom is 0.229 e. The minimum Gasteiger partial charge on any atom is -0.457 e. The molecule has 0 amide bonds. The van der Waals surface area contributed by atoms with Gasteiger partial charge in [-0.25, -0.2) is 13.4 Å². The average molecular weight is 424 g/mol. The fraction of sp³-hybridized carbons (Fsp3) is 0.174. The highest BCUT2D eigenvalue weighted by Crippen LogP contribution is 2.23. The first kappa shape index (κ1) is 21.4. The number of para-hydroxylation sites is 1. The summed E-state index contributed by atoms with van der Waals surface area (Å²) in [6.45, 7) is 4.00. The number of sulfonamides is 1. The van der Waals surface area contributed by atoms with Crippen LogP contribution >= 0.6 is 0 Å². The van der Waals surface area contributed by atoms with E-state index in [1.54, 1.807) is 18.2 Å². The molecule has 0 aliphatic carbocycles. The SMILES string of the molecule is CC.CS(=O)(=O)Nc1ccc2nc(Cc3ccc(Oc4ccccc4)cc3)[nH]c2c1. The molecular formula is C23H25N3O3S. The van der Waals surface area contributed by atoms with Crippen molar-refractivity contribution in [2.24, 2.45) is 0 Å². The maximum atomic E-state index is 11.4. The molecule has 30 heavy (non-hydrogen) atoms. The van der Waals surface area contributed by atoms with Crippen molar-refractivity contribution in [3.63, 3.8) is 0 Å². The molecule has 0 fully saturated rings. The number of fused-ring (bicyclic) bond motifs is 1. The third-order valence-corrected chi connectivity index (χ3v) is 4.71. The molecule has 1 heterocycles. The second-order valence-corrected chi connectivity index (χ2v) is 8.27. The Hall–Kier alpha value is -3.32. The minimum absolute atomic E-state index is 0.507. The Morgan fingerprint density at radius 2 is 1.60 bits per heavy atom. The smallest absolute Gasteiger partial charge is 0.229 e. The van der Waals surface area contributed by atoms with Crippen molar-refractivity contribution >= 4 is 26.7 Å². The lowest BCUT2D eigenvalue weighted by Crippen LogP contribution is -2.09. The third-order valence-electron chi connectivity index (χ3n) is 4.11. The zero-order valence-corrected chi connectivity index (χ0v) is 18.0. The van der Waals surface area contributed by atoms with Crippen LogP contribution in [0, 0.1) is 0 Å². The van der Waals surface area contributed by atoms with E-state index in [1.165, 1.54) is 0 Å². The standard InChI is InChI=1S/C21H19N3O3S.C2H6/c1-28(25,26)24-16-9-12-19-20(14-16)23-21(22-19)13-15-7-10-18(11-8-15)27-17-5-3-2-4-6-17;1-2/h2-12,14,24H,13H2,1H3,(H,22,23);1-2H3. The van der Waals surface area contributed by atoms with Crippen molar-refractivity contribution in [2.45, 2.75) is 20.3 Å². The van der Waals surface area contributed by atoms with Gasteiger partial charge in [0.2, 0.25) is 10.0 Å². The van der Waals surface area contributed by atoms with Gasteiger partial charge in [-0.15, -0.1) is 0 Å². The number of aromatic amines is 1. The van der Waals surface area contributed by atoms with Gasteiger partial charge in [-0.2, -0.15) is 0 Å². The summed E-state index contributed by atoms with van der Waals surface area (Å²) in [6, 6.07) is 22.7. The van der Waals surface area contributed by atoms with Crippen LogP contribution < -0.4 is 9.46 Å². The van der Waals surface area contributed by atoms with Crippen LogP contribution in [0.1, 0.15) is 25.2 Å². The number of benzene rings is 3. The number of ether oxygens (including phenoxy) is 1. The van der Waals surface area contributed by atoms with E-state index in [0.717, 1.165) is 40.2 Å². The monoisotopic (exact) mass is 423 g/mol. The zero-order valence-electron chi connectivity index (χ0n) is 17.2. The number of aromatic nitrogens is 2. The van der Waals surface area contributed by atoms with Gasteiger partial charge in [0.15, 0.2) is 0 Å². The van der Waals surface area contributed by atoms with E-state index in [0.29, 0.717) is 12.1 Å². The quantitative estimate of drug-likeness (QED) is 0.438. The first-order chi connectivity index (χ1) is 14.4. The van der Waals surface area contributed by atoms with Crippen LogP contribution in [0.5, 0.6) is 11.5 Å². The van der Waals surface area contributed by atoms with Gasteiger partial charge >= 0.3 is 0 Å². The summed E-state index contributed by atoms with van der Waals surface area (Å²) in [4.78, 5) is 7.82. The van der Waals surface area contributed by atoms with Crippen molar-refractivity contribution in [2.75, 3.05) is 11.0 Å². The molecule has 156 valence electrons. The lowest BCUT2D eigenvalue weighted by molar-refractivity contribution is 0.482. The number of nitrogens with one attached hydrogen (secondary N) is 2. The highest BCUT2D eigenvalue weighted by Gasteiger charge is 2.07. The molecule has 0 bridgehead atoms. The molecule has 0 atom stereocenters. The third kappa shape index (κ3) is 5.84.